The molecule has 232 valence electrons. The van der Waals surface area contributed by atoms with Crippen molar-refractivity contribution < 1.29 is 19.1 Å². The van der Waals surface area contributed by atoms with Crippen LogP contribution in [0, 0.1) is 26.7 Å². The second-order valence-electron chi connectivity index (χ2n) is 12.5. The number of nitrogens with one attached hydrogen (secondary N) is 2. The van der Waals surface area contributed by atoms with E-state index in [9.17, 15) is 14.4 Å². The summed E-state index contributed by atoms with van der Waals surface area (Å²) < 4.78 is 5.49. The normalized spacial score (nSPS) is 12.9. The molecular formula is C34H50ClN3O4. The molecule has 2 atom stereocenters. The molecule has 0 aliphatic carbocycles. The maximum atomic E-state index is 14.5. The van der Waals surface area contributed by atoms with Crippen LogP contribution in [-0.2, 0) is 14.3 Å². The standard InChI is InChI=1S/C34H50ClN3O4/c1-10-11-12-13-14-20-38(32(40)28(22(2)3)37-33(41)42-34(7,8)9)30(26-21-23(4)18-19-24(26)5)31(39)36-29-25(6)16-15-17-27(29)35/h15-19,21-22,28,30H,10-14,20H2,1-9H3,(H,36,39)(H,37,41). The Labute approximate surface area is 257 Å². The molecule has 0 radical (unpaired) electrons. The Morgan fingerprint density at radius 2 is 1.62 bits per heavy atom. The van der Waals surface area contributed by atoms with E-state index in [1.165, 1.54) is 0 Å². The molecule has 0 fully saturated rings. The van der Waals surface area contributed by atoms with Gasteiger partial charge in [-0.2, -0.15) is 0 Å². The van der Waals surface area contributed by atoms with Gasteiger partial charge in [0.25, 0.3) is 5.91 Å². The molecule has 0 saturated heterocycles. The number of nitrogens with zero attached hydrogens (tertiary/aromatic N) is 1. The lowest BCUT2D eigenvalue weighted by Gasteiger charge is -2.36. The molecule has 2 aromatic rings. The van der Waals surface area contributed by atoms with Gasteiger partial charge in [0.15, 0.2) is 0 Å². The molecule has 0 spiro atoms. The largest absolute Gasteiger partial charge is 0.444 e. The van der Waals surface area contributed by atoms with Gasteiger partial charge < -0.3 is 20.3 Å². The number of alkyl carbamates (subject to hydrolysis) is 1. The summed E-state index contributed by atoms with van der Waals surface area (Å²) in [6.07, 6.45) is 4.23. The van der Waals surface area contributed by atoms with Crippen LogP contribution < -0.4 is 10.6 Å². The lowest BCUT2D eigenvalue weighted by molar-refractivity contribution is -0.141. The van der Waals surface area contributed by atoms with Crippen molar-refractivity contribution in [2.24, 2.45) is 5.92 Å². The molecule has 2 rings (SSSR count). The molecule has 8 heteroatoms. The highest BCUT2D eigenvalue weighted by Crippen LogP contribution is 2.32. The lowest BCUT2D eigenvalue weighted by atomic mass is 9.94. The quantitative estimate of drug-likeness (QED) is 0.227. The number of carbonyl (C=O) groups excluding carboxylic acids is 3. The maximum Gasteiger partial charge on any atom is 0.408 e. The molecule has 0 aromatic heterocycles. The molecule has 2 aromatic carbocycles. The summed E-state index contributed by atoms with van der Waals surface area (Å²) >= 11 is 6.50. The third kappa shape index (κ3) is 10.3. The maximum absolute atomic E-state index is 14.5. The second kappa shape index (κ2) is 16.0. The molecule has 2 N–H and O–H groups in total. The van der Waals surface area contributed by atoms with E-state index < -0.39 is 23.8 Å². The van der Waals surface area contributed by atoms with Crippen LogP contribution >= 0.6 is 11.6 Å². The van der Waals surface area contributed by atoms with E-state index in [-0.39, 0.29) is 17.7 Å². The summed E-state index contributed by atoms with van der Waals surface area (Å²) in [6, 6.07) is 9.52. The molecular weight excluding hydrogens is 550 g/mol. The van der Waals surface area contributed by atoms with Crippen LogP contribution in [0.4, 0.5) is 10.5 Å². The van der Waals surface area contributed by atoms with Gasteiger partial charge in [0.2, 0.25) is 5.91 Å². The summed E-state index contributed by atoms with van der Waals surface area (Å²) in [7, 11) is 0. The van der Waals surface area contributed by atoms with Gasteiger partial charge in [0.1, 0.15) is 17.7 Å². The first kappa shape index (κ1) is 35.1. The number of hydrogen-bond acceptors (Lipinski definition) is 4. The SMILES string of the molecule is CCCCCCCN(C(=O)C(NC(=O)OC(C)(C)C)C(C)C)C(C(=O)Nc1c(C)cccc1Cl)c1cc(C)ccc1C. The number of hydrogen-bond donors (Lipinski definition) is 2. The Balaban J connectivity index is 2.62. The van der Waals surface area contributed by atoms with Crippen LogP contribution in [0.15, 0.2) is 36.4 Å². The number of anilines is 1. The first-order valence-electron chi connectivity index (χ1n) is 15.1. The zero-order valence-electron chi connectivity index (χ0n) is 26.9. The van der Waals surface area contributed by atoms with Crippen molar-refractivity contribution in [2.45, 2.75) is 112 Å². The van der Waals surface area contributed by atoms with Crippen molar-refractivity contribution in [3.63, 3.8) is 0 Å². The average molecular weight is 600 g/mol. The fourth-order valence-electron chi connectivity index (χ4n) is 4.87. The van der Waals surface area contributed by atoms with Crippen LogP contribution in [0.2, 0.25) is 5.02 Å². The molecule has 0 aliphatic heterocycles. The Morgan fingerprint density at radius 1 is 0.952 bits per heavy atom. The van der Waals surface area contributed by atoms with Crippen LogP contribution in [0.3, 0.4) is 0 Å². The van der Waals surface area contributed by atoms with Gasteiger partial charge >= 0.3 is 6.09 Å². The molecule has 3 amide bonds. The number of aryl methyl sites for hydroxylation is 3. The van der Waals surface area contributed by atoms with Crippen molar-refractivity contribution >= 4 is 35.2 Å². The number of unbranched alkanes of at least 4 members (excludes halogenated alkanes) is 4. The van der Waals surface area contributed by atoms with Crippen molar-refractivity contribution in [1.29, 1.82) is 0 Å². The highest BCUT2D eigenvalue weighted by atomic mass is 35.5. The molecule has 7 nitrogen and oxygen atoms in total. The summed E-state index contributed by atoms with van der Waals surface area (Å²) in [5.74, 6) is -0.939. The number of halogens is 1. The van der Waals surface area contributed by atoms with E-state index in [0.29, 0.717) is 17.3 Å². The van der Waals surface area contributed by atoms with E-state index in [1.54, 1.807) is 31.7 Å². The Kier molecular flexibility index (Phi) is 13.4. The van der Waals surface area contributed by atoms with E-state index in [2.05, 4.69) is 17.6 Å². The third-order valence-corrected chi connectivity index (χ3v) is 7.47. The molecule has 2 unspecified atom stereocenters. The Hall–Kier alpha value is -3.06. The van der Waals surface area contributed by atoms with Gasteiger partial charge in [-0.3, -0.25) is 9.59 Å². The van der Waals surface area contributed by atoms with Crippen molar-refractivity contribution in [2.75, 3.05) is 11.9 Å². The van der Waals surface area contributed by atoms with Gasteiger partial charge in [0.05, 0.1) is 10.7 Å². The summed E-state index contributed by atoms with van der Waals surface area (Å²) in [6.45, 7) is 17.4. The molecule has 42 heavy (non-hydrogen) atoms. The lowest BCUT2D eigenvalue weighted by Crippen LogP contribution is -2.54. The van der Waals surface area contributed by atoms with Crippen LogP contribution in [-0.4, -0.2) is 41.0 Å². The average Bonchev–Trinajstić information content (AvgIpc) is 2.88. The zero-order valence-corrected chi connectivity index (χ0v) is 27.7. The Morgan fingerprint density at radius 3 is 2.21 bits per heavy atom. The number of para-hydroxylation sites is 1. The number of amides is 3. The van der Waals surface area contributed by atoms with E-state index in [1.807, 2.05) is 65.0 Å². The first-order chi connectivity index (χ1) is 19.7. The van der Waals surface area contributed by atoms with Crippen LogP contribution in [0.5, 0.6) is 0 Å². The smallest absolute Gasteiger partial charge is 0.408 e. The van der Waals surface area contributed by atoms with Gasteiger partial charge in [-0.15, -0.1) is 0 Å². The first-order valence-corrected chi connectivity index (χ1v) is 15.5. The highest BCUT2D eigenvalue weighted by molar-refractivity contribution is 6.34. The molecule has 0 aliphatic rings. The van der Waals surface area contributed by atoms with Gasteiger partial charge in [0, 0.05) is 6.54 Å². The number of benzene rings is 2. The van der Waals surface area contributed by atoms with Gasteiger partial charge in [-0.1, -0.05) is 94.0 Å². The Bertz CT molecular complexity index is 1200. The fourth-order valence-corrected chi connectivity index (χ4v) is 5.13. The molecule has 0 bridgehead atoms. The monoisotopic (exact) mass is 599 g/mol. The zero-order chi connectivity index (χ0) is 31.6. The third-order valence-electron chi connectivity index (χ3n) is 7.15. The minimum atomic E-state index is -0.944. The minimum Gasteiger partial charge on any atom is -0.444 e. The number of rotatable bonds is 13. The summed E-state index contributed by atoms with van der Waals surface area (Å²) in [5.41, 5.74) is 3.22. The number of ether oxygens (including phenoxy) is 1. The van der Waals surface area contributed by atoms with Crippen molar-refractivity contribution in [3.8, 4) is 0 Å². The minimum absolute atomic E-state index is 0.249. The highest BCUT2D eigenvalue weighted by Gasteiger charge is 2.38. The second-order valence-corrected chi connectivity index (χ2v) is 12.9. The predicted octanol–water partition coefficient (Wildman–Crippen LogP) is 8.29. The molecule has 0 saturated carbocycles. The van der Waals surface area contributed by atoms with Crippen LogP contribution in [0.1, 0.15) is 102 Å². The van der Waals surface area contributed by atoms with E-state index in [0.717, 1.165) is 54.4 Å². The van der Waals surface area contributed by atoms with E-state index >= 15 is 0 Å². The van der Waals surface area contributed by atoms with Crippen molar-refractivity contribution in [3.05, 3.63) is 63.7 Å². The van der Waals surface area contributed by atoms with Crippen molar-refractivity contribution in [1.82, 2.24) is 10.2 Å². The van der Waals surface area contributed by atoms with Gasteiger partial charge in [-0.05, 0) is 76.6 Å². The van der Waals surface area contributed by atoms with E-state index in [4.69, 9.17) is 16.3 Å². The fraction of sp³-hybridized carbons (Fsp3) is 0.559. The van der Waals surface area contributed by atoms with Gasteiger partial charge in [-0.25, -0.2) is 4.79 Å². The summed E-state index contributed by atoms with van der Waals surface area (Å²) in [5, 5.41) is 6.25. The predicted molar refractivity (Wildman–Crippen MR) is 172 cm³/mol. The number of carbonyl (C=O) groups is 3. The topological polar surface area (TPSA) is 87.7 Å². The summed E-state index contributed by atoms with van der Waals surface area (Å²) in [4.78, 5) is 43.2. The molecule has 0 heterocycles. The van der Waals surface area contributed by atoms with Crippen LogP contribution in [0.25, 0.3) is 0 Å².